The van der Waals surface area contributed by atoms with E-state index in [4.69, 9.17) is 16.3 Å². The van der Waals surface area contributed by atoms with E-state index >= 15 is 0 Å². The summed E-state index contributed by atoms with van der Waals surface area (Å²) in [5.41, 5.74) is 2.03. The van der Waals surface area contributed by atoms with E-state index in [-0.39, 0.29) is 5.91 Å². The first-order valence-corrected chi connectivity index (χ1v) is 8.83. The van der Waals surface area contributed by atoms with Crippen molar-refractivity contribution in [2.45, 2.75) is 19.8 Å². The van der Waals surface area contributed by atoms with Gasteiger partial charge in [-0.25, -0.2) is 9.48 Å². The molecule has 2 amide bonds. The molecule has 27 heavy (non-hydrogen) atoms. The number of hydrogen-bond acceptors (Lipinski definition) is 5. The molecule has 1 saturated heterocycles. The van der Waals surface area contributed by atoms with E-state index < -0.39 is 18.5 Å². The number of aryl methyl sites for hydroxylation is 1. The second-order valence-electron chi connectivity index (χ2n) is 6.02. The first-order valence-electron chi connectivity index (χ1n) is 8.46. The number of aromatic nitrogens is 2. The predicted octanol–water partition coefficient (Wildman–Crippen LogP) is 2.54. The van der Waals surface area contributed by atoms with Crippen molar-refractivity contribution in [3.8, 4) is 5.69 Å². The van der Waals surface area contributed by atoms with Crippen LogP contribution in [0, 0.1) is 6.92 Å². The molecule has 2 heterocycles. The lowest BCUT2D eigenvalue weighted by Gasteiger charge is -2.12. The average molecular weight is 388 g/mol. The molecule has 0 saturated carbocycles. The first kappa shape index (κ1) is 18.8. The molecule has 0 radical (unpaired) electrons. The largest absolute Gasteiger partial charge is 0.452 e. The molecule has 140 valence electrons. The van der Waals surface area contributed by atoms with Gasteiger partial charge in [0, 0.05) is 24.6 Å². The van der Waals surface area contributed by atoms with Crippen LogP contribution in [-0.2, 0) is 19.1 Å². The summed E-state index contributed by atoms with van der Waals surface area (Å²) in [7, 11) is 0. The Bertz CT molecular complexity index is 905. The van der Waals surface area contributed by atoms with E-state index in [1.165, 1.54) is 12.2 Å². The van der Waals surface area contributed by atoms with E-state index in [1.807, 2.05) is 30.3 Å². The number of esters is 1. The van der Waals surface area contributed by atoms with Crippen molar-refractivity contribution < 1.29 is 19.1 Å². The molecule has 0 aliphatic carbocycles. The van der Waals surface area contributed by atoms with Gasteiger partial charge >= 0.3 is 5.97 Å². The summed E-state index contributed by atoms with van der Waals surface area (Å²) in [4.78, 5) is 36.4. The molecular weight excluding hydrogens is 370 g/mol. The fourth-order valence-electron chi connectivity index (χ4n) is 2.76. The van der Waals surface area contributed by atoms with Crippen molar-refractivity contribution in [1.29, 1.82) is 0 Å². The standard InChI is InChI=1S/C19H18ClN3O4/c1-13-15(19(20)23(21-13)14-6-3-2-4-7-14)9-10-18(26)27-12-17(25)22-11-5-8-16(22)24/h2-4,6-7,9-10H,5,8,11-12H2,1H3/b10-9+. The number of ether oxygens (including phenoxy) is 1. The number of amides is 2. The fraction of sp³-hybridized carbons (Fsp3) is 0.263. The van der Waals surface area contributed by atoms with Gasteiger partial charge < -0.3 is 4.74 Å². The van der Waals surface area contributed by atoms with Gasteiger partial charge in [0.05, 0.1) is 11.4 Å². The molecule has 1 aliphatic heterocycles. The number of halogens is 1. The lowest BCUT2D eigenvalue weighted by molar-refractivity contribution is -0.151. The van der Waals surface area contributed by atoms with Gasteiger partial charge in [0.2, 0.25) is 5.91 Å². The molecule has 2 aromatic rings. The number of likely N-dealkylation sites (tertiary alicyclic amines) is 1. The summed E-state index contributed by atoms with van der Waals surface area (Å²) >= 11 is 6.38. The molecule has 0 bridgehead atoms. The van der Waals surface area contributed by atoms with Gasteiger partial charge in [-0.05, 0) is 31.6 Å². The Morgan fingerprint density at radius 2 is 2.04 bits per heavy atom. The van der Waals surface area contributed by atoms with Crippen molar-refractivity contribution in [2.75, 3.05) is 13.2 Å². The topological polar surface area (TPSA) is 81.5 Å². The predicted molar refractivity (Wildman–Crippen MR) is 99.3 cm³/mol. The molecule has 0 spiro atoms. The lowest BCUT2D eigenvalue weighted by Crippen LogP contribution is -2.35. The minimum Gasteiger partial charge on any atom is -0.452 e. The Morgan fingerprint density at radius 3 is 2.70 bits per heavy atom. The first-order chi connectivity index (χ1) is 13.0. The Morgan fingerprint density at radius 1 is 1.30 bits per heavy atom. The van der Waals surface area contributed by atoms with Crippen LogP contribution in [0.25, 0.3) is 11.8 Å². The summed E-state index contributed by atoms with van der Waals surface area (Å²) in [6, 6.07) is 9.37. The number of hydrogen-bond donors (Lipinski definition) is 0. The third-order valence-corrected chi connectivity index (χ3v) is 4.51. The molecule has 0 unspecified atom stereocenters. The maximum absolute atomic E-state index is 11.9. The van der Waals surface area contributed by atoms with Crippen molar-refractivity contribution in [3.63, 3.8) is 0 Å². The van der Waals surface area contributed by atoms with Gasteiger partial charge in [0.15, 0.2) is 6.61 Å². The van der Waals surface area contributed by atoms with E-state index in [2.05, 4.69) is 5.10 Å². The van der Waals surface area contributed by atoms with Crippen LogP contribution in [0.3, 0.4) is 0 Å². The van der Waals surface area contributed by atoms with Gasteiger partial charge in [-0.15, -0.1) is 0 Å². The minimum atomic E-state index is -0.696. The van der Waals surface area contributed by atoms with Gasteiger partial charge in [0.25, 0.3) is 5.91 Å². The average Bonchev–Trinajstić information content (AvgIpc) is 3.22. The monoisotopic (exact) mass is 387 g/mol. The number of para-hydroxylation sites is 1. The van der Waals surface area contributed by atoms with Crippen LogP contribution >= 0.6 is 11.6 Å². The maximum atomic E-state index is 11.9. The highest BCUT2D eigenvalue weighted by atomic mass is 35.5. The summed E-state index contributed by atoms with van der Waals surface area (Å²) < 4.78 is 6.49. The Kier molecular flexibility index (Phi) is 5.71. The van der Waals surface area contributed by atoms with Crippen LogP contribution in [0.5, 0.6) is 0 Å². The number of carbonyl (C=O) groups is 3. The molecule has 8 heteroatoms. The Labute approximate surface area is 161 Å². The maximum Gasteiger partial charge on any atom is 0.331 e. The SMILES string of the molecule is Cc1nn(-c2ccccc2)c(Cl)c1/C=C/C(=O)OCC(=O)N1CCCC1=O. The summed E-state index contributed by atoms with van der Waals surface area (Å²) in [5.74, 6) is -1.44. The van der Waals surface area contributed by atoms with Crippen molar-refractivity contribution >= 4 is 35.5 Å². The van der Waals surface area contributed by atoms with Crippen molar-refractivity contribution in [2.24, 2.45) is 0 Å². The second-order valence-corrected chi connectivity index (χ2v) is 6.38. The zero-order valence-corrected chi connectivity index (χ0v) is 15.5. The van der Waals surface area contributed by atoms with E-state index in [0.29, 0.717) is 35.8 Å². The molecule has 1 aromatic heterocycles. The number of rotatable bonds is 5. The fourth-order valence-corrected chi connectivity index (χ4v) is 3.10. The van der Waals surface area contributed by atoms with E-state index in [9.17, 15) is 14.4 Å². The quantitative estimate of drug-likeness (QED) is 0.581. The number of imide groups is 1. The lowest BCUT2D eigenvalue weighted by atomic mass is 10.2. The van der Waals surface area contributed by atoms with E-state index in [1.54, 1.807) is 11.6 Å². The highest BCUT2D eigenvalue weighted by Gasteiger charge is 2.26. The third-order valence-electron chi connectivity index (χ3n) is 4.15. The van der Waals surface area contributed by atoms with Crippen LogP contribution in [0.1, 0.15) is 24.1 Å². The smallest absolute Gasteiger partial charge is 0.331 e. The molecule has 1 aromatic carbocycles. The molecule has 3 rings (SSSR count). The molecule has 7 nitrogen and oxygen atoms in total. The molecule has 1 aliphatic rings. The van der Waals surface area contributed by atoms with Crippen LogP contribution < -0.4 is 0 Å². The Hall–Kier alpha value is -2.93. The van der Waals surface area contributed by atoms with Crippen molar-refractivity contribution in [1.82, 2.24) is 14.7 Å². The highest BCUT2D eigenvalue weighted by molar-refractivity contribution is 6.31. The summed E-state index contributed by atoms with van der Waals surface area (Å²) in [6.07, 6.45) is 3.67. The van der Waals surface area contributed by atoms with Crippen LogP contribution in [-0.4, -0.2) is 45.6 Å². The van der Waals surface area contributed by atoms with Gasteiger partial charge in [-0.3, -0.25) is 14.5 Å². The van der Waals surface area contributed by atoms with Crippen LogP contribution in [0.15, 0.2) is 36.4 Å². The van der Waals surface area contributed by atoms with E-state index in [0.717, 1.165) is 10.6 Å². The molecule has 0 N–H and O–H groups in total. The minimum absolute atomic E-state index is 0.234. The zero-order valence-electron chi connectivity index (χ0n) is 14.7. The highest BCUT2D eigenvalue weighted by Crippen LogP contribution is 2.24. The van der Waals surface area contributed by atoms with Gasteiger partial charge in [-0.2, -0.15) is 5.10 Å². The summed E-state index contributed by atoms with van der Waals surface area (Å²) in [5, 5.41) is 4.74. The molecular formula is C19H18ClN3O4. The summed E-state index contributed by atoms with van der Waals surface area (Å²) in [6.45, 7) is 1.68. The van der Waals surface area contributed by atoms with Crippen molar-refractivity contribution in [3.05, 3.63) is 52.8 Å². The number of carbonyl (C=O) groups excluding carboxylic acids is 3. The van der Waals surface area contributed by atoms with Gasteiger partial charge in [-0.1, -0.05) is 29.8 Å². The number of nitrogens with zero attached hydrogens (tertiary/aromatic N) is 3. The third kappa shape index (κ3) is 4.25. The van der Waals surface area contributed by atoms with Gasteiger partial charge in [0.1, 0.15) is 5.15 Å². The van der Waals surface area contributed by atoms with Crippen LogP contribution in [0.4, 0.5) is 0 Å². The molecule has 0 atom stereocenters. The van der Waals surface area contributed by atoms with Crippen LogP contribution in [0.2, 0.25) is 5.15 Å². The Balaban J connectivity index is 1.64. The second kappa shape index (κ2) is 8.18. The normalized spacial score (nSPS) is 14.1. The zero-order chi connectivity index (χ0) is 19.4. The molecule has 1 fully saturated rings. The number of benzene rings is 1.